The van der Waals surface area contributed by atoms with Crippen LogP contribution in [0.25, 0.3) is 0 Å². The topological polar surface area (TPSA) is 90.4 Å². The van der Waals surface area contributed by atoms with Gasteiger partial charge in [0.2, 0.25) is 0 Å². The van der Waals surface area contributed by atoms with Gasteiger partial charge in [0.1, 0.15) is 11.5 Å². The summed E-state index contributed by atoms with van der Waals surface area (Å²) >= 11 is 16.7. The fraction of sp³-hybridized carbons (Fsp3) is 0.426. The Kier molecular flexibility index (Phi) is 79.8. The van der Waals surface area contributed by atoms with Gasteiger partial charge >= 0.3 is 0 Å². The molecule has 8 nitrogen and oxygen atoms in total. The molecule has 0 fully saturated rings. The van der Waals surface area contributed by atoms with Crippen LogP contribution in [-0.4, -0.2) is 82.4 Å². The van der Waals surface area contributed by atoms with Crippen LogP contribution in [0.2, 0.25) is 0 Å². The molecule has 0 spiro atoms. The number of thioether (sulfide) groups is 1. The van der Waals surface area contributed by atoms with Gasteiger partial charge in [-0.2, -0.15) is 0 Å². The first-order chi connectivity index (χ1) is 31.7. The summed E-state index contributed by atoms with van der Waals surface area (Å²) in [5.74, 6) is 3.37. The summed E-state index contributed by atoms with van der Waals surface area (Å²) in [4.78, 5) is 18.5. The number of terminal acetylenes is 2. The third-order valence-electron chi connectivity index (χ3n) is 6.73. The number of benzene rings is 4. The molecule has 0 aliphatic carbocycles. The molecule has 1 N–H and O–H groups in total. The van der Waals surface area contributed by atoms with E-state index in [2.05, 4.69) is 39.0 Å². The highest BCUT2D eigenvalue weighted by Gasteiger charge is 2.10. The molecule has 68 heavy (non-hydrogen) atoms. The first-order valence-electron chi connectivity index (χ1n) is 22.1. The van der Waals surface area contributed by atoms with Crippen LogP contribution in [0.5, 0.6) is 11.5 Å². The van der Waals surface area contributed by atoms with Gasteiger partial charge in [-0.05, 0) is 133 Å². The molecule has 0 saturated heterocycles. The Hall–Kier alpha value is -4.27. The molecule has 4 aromatic carbocycles. The van der Waals surface area contributed by atoms with Crippen molar-refractivity contribution in [1.29, 1.82) is 0 Å². The van der Waals surface area contributed by atoms with E-state index in [9.17, 15) is 13.2 Å². The van der Waals surface area contributed by atoms with E-state index in [4.69, 9.17) is 56.6 Å². The normalized spacial score (nSPS) is 8.09. The number of nitrogens with zero attached hydrogens (tertiary/aromatic N) is 3. The fourth-order valence-corrected chi connectivity index (χ4v) is 6.28. The van der Waals surface area contributed by atoms with E-state index in [1.807, 2.05) is 165 Å². The number of hydrogen-bond acceptors (Lipinski definition) is 8. The number of amides is 1. The van der Waals surface area contributed by atoms with E-state index in [0.717, 1.165) is 49.9 Å². The lowest BCUT2D eigenvalue weighted by atomic mass is 10.3. The smallest absolute Gasteiger partial charge is 0.286 e. The summed E-state index contributed by atoms with van der Waals surface area (Å²) in [7, 11) is 1.50. The predicted octanol–water partition coefficient (Wildman–Crippen LogP) is 17.1. The molecule has 0 aliphatic rings. The SMILES string of the molecule is C.C.C#C.C#CC.CC.CC.CC.CC.CCN(CC)C(=O)Sc1ccccc1.CCN(CC)C(=S)Cl.CCN(CC)C(=S)Oc1ccccc1.O=S(=O)(Cl)c1ccccc1.Oc1ccccc1. The summed E-state index contributed by atoms with van der Waals surface area (Å²) in [5.41, 5.74) is 0. The van der Waals surface area contributed by atoms with Crippen LogP contribution in [0, 0.1) is 25.2 Å². The minimum Gasteiger partial charge on any atom is -0.508 e. The van der Waals surface area contributed by atoms with Crippen molar-refractivity contribution in [3.63, 3.8) is 0 Å². The third kappa shape index (κ3) is 52.7. The summed E-state index contributed by atoms with van der Waals surface area (Å²) in [6.07, 6.45) is 12.6. The lowest BCUT2D eigenvalue weighted by molar-refractivity contribution is 0.228. The van der Waals surface area contributed by atoms with Crippen molar-refractivity contribution in [2.75, 3.05) is 39.3 Å². The summed E-state index contributed by atoms with van der Waals surface area (Å²) in [6, 6.07) is 35.9. The largest absolute Gasteiger partial charge is 0.508 e. The number of thiocarbonyl (C=S) groups is 2. The van der Waals surface area contributed by atoms with Gasteiger partial charge < -0.3 is 24.5 Å². The van der Waals surface area contributed by atoms with Crippen LogP contribution in [0.4, 0.5) is 4.79 Å². The molecule has 4 rings (SSSR count). The van der Waals surface area contributed by atoms with Gasteiger partial charge in [-0.25, -0.2) is 8.42 Å². The molecule has 1 amide bonds. The number of phenolic OH excluding ortho intramolecular Hbond substituents is 1. The van der Waals surface area contributed by atoms with Crippen LogP contribution < -0.4 is 4.74 Å². The van der Waals surface area contributed by atoms with Gasteiger partial charge in [0.15, 0.2) is 4.45 Å². The third-order valence-corrected chi connectivity index (χ3v) is 9.88. The maximum atomic E-state index is 11.7. The molecule has 0 heterocycles. The van der Waals surface area contributed by atoms with Gasteiger partial charge in [-0.3, -0.25) is 4.79 Å². The maximum Gasteiger partial charge on any atom is 0.286 e. The highest BCUT2D eigenvalue weighted by Crippen LogP contribution is 2.20. The van der Waals surface area contributed by atoms with E-state index in [1.54, 1.807) is 49.4 Å². The number of para-hydroxylation sites is 2. The van der Waals surface area contributed by atoms with Crippen LogP contribution in [-0.2, 0) is 9.05 Å². The standard InChI is InChI=1S/2C11H15NOS.C6H5ClO2S.C6H6O.C5H10ClNS.C3H4.4C2H6.C2H2.2CH4/c1-3-12(4-2)11(13)14-10-8-6-5-7-9-10;1-3-12(4-2)11(14)13-10-8-6-5-7-9-10;7-10(8,9)6-4-2-1-3-5-6;7-6-4-2-1-3-5-6;1-3-7(4-2)5(6)8;1-3-2;5*1-2;;/h2*5-9H,3-4H2,1-2H3;1-5H;1-5,7H;3-4H2,1-2H3;1H,2H3;4*1-2H3;1-2H;2*1H4. The summed E-state index contributed by atoms with van der Waals surface area (Å²) < 4.78 is 27.2. The van der Waals surface area contributed by atoms with Crippen molar-refractivity contribution in [3.8, 4) is 36.7 Å². The number of aromatic hydroxyl groups is 1. The maximum absolute atomic E-state index is 11.7. The molecular formula is C54H89Cl2N3O5S4. The first kappa shape index (κ1) is 83.7. The van der Waals surface area contributed by atoms with Gasteiger partial charge in [0, 0.05) is 54.8 Å². The second kappa shape index (κ2) is 64.8. The molecule has 388 valence electrons. The zero-order valence-electron chi connectivity index (χ0n) is 42.3. The van der Waals surface area contributed by atoms with E-state index in [1.165, 1.54) is 23.9 Å². The van der Waals surface area contributed by atoms with E-state index >= 15 is 0 Å². The lowest BCUT2D eigenvalue weighted by Crippen LogP contribution is -2.32. The Morgan fingerprint density at radius 3 is 1.15 bits per heavy atom. The number of hydrogen-bond donors (Lipinski definition) is 1. The molecule has 0 aliphatic heterocycles. The van der Waals surface area contributed by atoms with Crippen LogP contribution in [0.1, 0.15) is 119 Å². The van der Waals surface area contributed by atoms with Gasteiger partial charge in [-0.15, -0.1) is 25.2 Å². The Balaban J connectivity index is -0.0000000867. The molecule has 0 radical (unpaired) electrons. The number of carbonyl (C=O) groups is 1. The molecule has 0 bridgehead atoms. The molecule has 0 aromatic heterocycles. The van der Waals surface area contributed by atoms with Gasteiger partial charge in [0.05, 0.1) is 4.90 Å². The molecule has 4 aromatic rings. The second-order valence-electron chi connectivity index (χ2n) is 10.5. The Morgan fingerprint density at radius 2 is 0.912 bits per heavy atom. The van der Waals surface area contributed by atoms with Crippen molar-refractivity contribution in [2.45, 2.75) is 129 Å². The van der Waals surface area contributed by atoms with E-state index < -0.39 is 9.05 Å². The first-order valence-corrected chi connectivity index (χ1v) is 26.4. The molecular weight excluding hydrogens is 970 g/mol. The number of ether oxygens (including phenoxy) is 1. The molecule has 0 unspecified atom stereocenters. The zero-order valence-corrected chi connectivity index (χ0v) is 47.1. The monoisotopic (exact) mass is 1060 g/mol. The Labute approximate surface area is 443 Å². The summed E-state index contributed by atoms with van der Waals surface area (Å²) in [6.45, 7) is 34.9. The molecule has 0 saturated carbocycles. The fourth-order valence-electron chi connectivity index (χ4n) is 3.75. The quantitative estimate of drug-likeness (QED) is 0.0575. The van der Waals surface area contributed by atoms with Crippen molar-refractivity contribution < 1.29 is 23.1 Å². The number of rotatable bonds is 9. The highest BCUT2D eigenvalue weighted by atomic mass is 35.7. The van der Waals surface area contributed by atoms with Gasteiger partial charge in [-0.1, -0.05) is 155 Å². The number of halogens is 2. The van der Waals surface area contributed by atoms with Crippen molar-refractivity contribution >= 4 is 82.4 Å². The molecule has 0 atom stereocenters. The highest BCUT2D eigenvalue weighted by molar-refractivity contribution is 8.14. The Bertz CT molecular complexity index is 1730. The van der Waals surface area contributed by atoms with Crippen molar-refractivity contribution in [1.82, 2.24) is 14.7 Å². The minimum absolute atomic E-state index is 0. The Morgan fingerprint density at radius 1 is 0.618 bits per heavy atom. The summed E-state index contributed by atoms with van der Waals surface area (Å²) in [5, 5.41) is 9.30. The van der Waals surface area contributed by atoms with E-state index in [-0.39, 0.29) is 25.0 Å². The van der Waals surface area contributed by atoms with Gasteiger partial charge in [0.25, 0.3) is 19.5 Å². The van der Waals surface area contributed by atoms with Crippen molar-refractivity contribution in [3.05, 3.63) is 121 Å². The van der Waals surface area contributed by atoms with E-state index in [0.29, 0.717) is 15.4 Å². The molecule has 14 heteroatoms. The average Bonchev–Trinajstić information content (AvgIpc) is 3.35. The zero-order chi connectivity index (χ0) is 52.8. The van der Waals surface area contributed by atoms with Crippen molar-refractivity contribution in [2.24, 2.45) is 0 Å². The lowest BCUT2D eigenvalue weighted by Gasteiger charge is -2.20. The second-order valence-corrected chi connectivity index (χ2v) is 15.4. The van der Waals surface area contributed by atoms with Crippen LogP contribution in [0.15, 0.2) is 131 Å². The van der Waals surface area contributed by atoms with Crippen LogP contribution >= 0.6 is 58.5 Å². The number of carbonyl (C=O) groups excluding carboxylic acids is 1. The number of phenols is 1. The minimum atomic E-state index is -3.53. The average molecular weight is 1060 g/mol. The predicted molar refractivity (Wildman–Crippen MR) is 315 cm³/mol. The van der Waals surface area contributed by atoms with Crippen LogP contribution in [0.3, 0.4) is 0 Å².